The maximum absolute atomic E-state index is 12.6. The average molecular weight is 335 g/mol. The molecule has 1 N–H and O–H groups in total. The Morgan fingerprint density at radius 2 is 1.82 bits per heavy atom. The van der Waals surface area contributed by atoms with Gasteiger partial charge in [0.1, 0.15) is 0 Å². The van der Waals surface area contributed by atoms with E-state index < -0.39 is 18.1 Å². The number of sulfonamides is 1. The molecule has 118 valence electrons. The summed E-state index contributed by atoms with van der Waals surface area (Å²) < 4.78 is 27.9. The van der Waals surface area contributed by atoms with Gasteiger partial charge in [-0.2, -0.15) is 5.26 Å². The third-order valence-corrected chi connectivity index (χ3v) is 12.2. The lowest BCUT2D eigenvalue weighted by Crippen LogP contribution is -2.37. The number of rotatable bonds is 3. The van der Waals surface area contributed by atoms with E-state index in [1.165, 1.54) is 24.9 Å². The average Bonchev–Trinajstić information content (AvgIpc) is 3.06. The van der Waals surface area contributed by atoms with Crippen LogP contribution >= 0.6 is 0 Å². The van der Waals surface area contributed by atoms with Crippen LogP contribution < -0.4 is 4.72 Å². The summed E-state index contributed by atoms with van der Waals surface area (Å²) in [6, 6.07) is 13.5. The van der Waals surface area contributed by atoms with Crippen molar-refractivity contribution in [1.29, 1.82) is 5.26 Å². The fraction of sp³-hybridized carbons (Fsp3) is 0.562. The van der Waals surface area contributed by atoms with Gasteiger partial charge in [0.05, 0.1) is 25.0 Å². The largest absolute Gasteiger partial charge is 0.240 e. The predicted octanol–water partition coefficient (Wildman–Crippen LogP) is 3.04. The Morgan fingerprint density at radius 1 is 1.18 bits per heavy atom. The summed E-state index contributed by atoms with van der Waals surface area (Å²) in [5, 5.41) is 9.42. The first-order valence-electron chi connectivity index (χ1n) is 7.93. The number of hydrogen-bond acceptors (Lipinski definition) is 3. The van der Waals surface area contributed by atoms with Gasteiger partial charge in [0.25, 0.3) is 0 Å². The van der Waals surface area contributed by atoms with Gasteiger partial charge in [-0.15, -0.1) is 0 Å². The first kappa shape index (κ1) is 15.7. The summed E-state index contributed by atoms with van der Waals surface area (Å²) in [4.78, 5) is 0.295. The summed E-state index contributed by atoms with van der Waals surface area (Å²) in [5.41, 5.74) is 1.03. The molecular weight excluding hydrogens is 312 g/mol. The Morgan fingerprint density at radius 3 is 2.41 bits per heavy atom. The van der Waals surface area contributed by atoms with Crippen LogP contribution in [0.1, 0.15) is 18.4 Å². The highest BCUT2D eigenvalue weighted by Crippen LogP contribution is 2.46. The fourth-order valence-electron chi connectivity index (χ4n) is 4.08. The number of nitriles is 1. The van der Waals surface area contributed by atoms with Gasteiger partial charge in [-0.1, -0.05) is 42.6 Å². The van der Waals surface area contributed by atoms with Gasteiger partial charge >= 0.3 is 0 Å². The quantitative estimate of drug-likeness (QED) is 0.864. The first-order chi connectivity index (χ1) is 10.4. The smallest absolute Gasteiger partial charge is 0.207 e. The molecule has 3 rings (SSSR count). The van der Waals surface area contributed by atoms with Crippen LogP contribution in [0.3, 0.4) is 0 Å². The zero-order valence-corrected chi connectivity index (χ0v) is 14.7. The maximum atomic E-state index is 12.6. The molecule has 2 atom stereocenters. The summed E-state index contributed by atoms with van der Waals surface area (Å²) >= 11 is 0. The molecule has 2 aliphatic rings. The molecule has 6 heteroatoms. The van der Waals surface area contributed by atoms with Gasteiger partial charge < -0.3 is 0 Å². The van der Waals surface area contributed by atoms with Crippen LogP contribution in [0.5, 0.6) is 0 Å². The van der Waals surface area contributed by atoms with Crippen LogP contribution in [-0.2, 0) is 10.0 Å². The minimum absolute atomic E-state index is 0.148. The van der Waals surface area contributed by atoms with Crippen LogP contribution in [0.15, 0.2) is 29.2 Å². The van der Waals surface area contributed by atoms with Gasteiger partial charge in [-0.3, -0.25) is 0 Å². The standard InChI is InChI=1S/C16H22N2O2SSi/c1-13-4-6-15(7-5-13)21(19,20)18-16-12-22(8-2-3-9-22)11-14(16)10-17/h4-7,14,16,18H,2-3,8-9,11-12H2,1H3/t14-,16-/m0/s1. The zero-order chi connectivity index (χ0) is 15.8. The third kappa shape index (κ3) is 2.98. The van der Waals surface area contributed by atoms with Gasteiger partial charge in [-0.25, -0.2) is 13.1 Å². The van der Waals surface area contributed by atoms with Crippen LogP contribution in [0.4, 0.5) is 0 Å². The maximum Gasteiger partial charge on any atom is 0.240 e. The van der Waals surface area contributed by atoms with Crippen molar-refractivity contribution >= 4 is 18.1 Å². The molecule has 2 heterocycles. The molecule has 2 fully saturated rings. The van der Waals surface area contributed by atoms with Crippen molar-refractivity contribution in [2.24, 2.45) is 5.92 Å². The highest BCUT2D eigenvalue weighted by molar-refractivity contribution is 7.89. The molecule has 1 aromatic rings. The van der Waals surface area contributed by atoms with E-state index in [1.54, 1.807) is 24.3 Å². The summed E-state index contributed by atoms with van der Waals surface area (Å²) in [5.74, 6) is -0.148. The van der Waals surface area contributed by atoms with Crippen molar-refractivity contribution in [2.75, 3.05) is 0 Å². The van der Waals surface area contributed by atoms with E-state index in [0.717, 1.165) is 17.7 Å². The number of benzene rings is 1. The summed E-state index contributed by atoms with van der Waals surface area (Å²) in [6.07, 6.45) is 2.53. The Hall–Kier alpha value is -1.16. The van der Waals surface area contributed by atoms with E-state index in [9.17, 15) is 13.7 Å². The summed E-state index contributed by atoms with van der Waals surface area (Å²) in [7, 11) is -4.90. The topological polar surface area (TPSA) is 70.0 Å². The van der Waals surface area contributed by atoms with E-state index in [2.05, 4.69) is 10.8 Å². The van der Waals surface area contributed by atoms with Crippen LogP contribution in [0.25, 0.3) is 0 Å². The number of nitrogens with zero attached hydrogens (tertiary/aromatic N) is 1. The summed E-state index contributed by atoms with van der Waals surface area (Å²) in [6.45, 7) is 1.93. The van der Waals surface area contributed by atoms with Gasteiger partial charge in [0.2, 0.25) is 10.0 Å². The second-order valence-corrected chi connectivity index (χ2v) is 13.4. The second-order valence-electron chi connectivity index (χ2n) is 6.89. The zero-order valence-electron chi connectivity index (χ0n) is 12.9. The van der Waals surface area contributed by atoms with Crippen LogP contribution in [0.2, 0.25) is 24.2 Å². The molecular formula is C16H22N2O2SSi. The minimum atomic E-state index is -3.53. The molecule has 2 saturated heterocycles. The van der Waals surface area contributed by atoms with Crippen molar-refractivity contribution in [1.82, 2.24) is 4.72 Å². The fourth-order valence-corrected chi connectivity index (χ4v) is 11.4. The lowest BCUT2D eigenvalue weighted by molar-refractivity contribution is 0.531. The number of aryl methyl sites for hydroxylation is 1. The van der Waals surface area contributed by atoms with E-state index in [0.29, 0.717) is 4.90 Å². The molecule has 0 amide bonds. The molecule has 0 saturated carbocycles. The molecule has 22 heavy (non-hydrogen) atoms. The lowest BCUT2D eigenvalue weighted by Gasteiger charge is -2.20. The highest BCUT2D eigenvalue weighted by Gasteiger charge is 2.49. The van der Waals surface area contributed by atoms with E-state index in [-0.39, 0.29) is 12.0 Å². The van der Waals surface area contributed by atoms with Gasteiger partial charge in [-0.05, 0) is 31.1 Å². The Bertz CT molecular complexity index is 688. The highest BCUT2D eigenvalue weighted by atomic mass is 32.2. The molecule has 0 aromatic heterocycles. The molecule has 1 spiro atoms. The van der Waals surface area contributed by atoms with Gasteiger partial charge in [0.15, 0.2) is 0 Å². The SMILES string of the molecule is Cc1ccc(S(=O)(=O)N[C@H]2C[Si]3(CCCC3)C[C@@H]2C#N)cc1. The molecule has 4 nitrogen and oxygen atoms in total. The van der Waals surface area contributed by atoms with Crippen LogP contribution in [0, 0.1) is 24.2 Å². The number of nitrogens with one attached hydrogen (secondary N) is 1. The Kier molecular flexibility index (Phi) is 4.14. The molecule has 0 radical (unpaired) electrons. The molecule has 0 unspecified atom stereocenters. The molecule has 0 bridgehead atoms. The second kappa shape index (κ2) is 5.80. The molecule has 0 aliphatic carbocycles. The van der Waals surface area contributed by atoms with E-state index >= 15 is 0 Å². The van der Waals surface area contributed by atoms with E-state index in [4.69, 9.17) is 0 Å². The van der Waals surface area contributed by atoms with Gasteiger partial charge in [0, 0.05) is 6.04 Å². The predicted molar refractivity (Wildman–Crippen MR) is 88.6 cm³/mol. The Labute approximate surface area is 133 Å². The van der Waals surface area contributed by atoms with Crippen molar-refractivity contribution in [3.8, 4) is 6.07 Å². The van der Waals surface area contributed by atoms with Crippen molar-refractivity contribution in [2.45, 2.75) is 54.9 Å². The van der Waals surface area contributed by atoms with Crippen molar-refractivity contribution in [3.63, 3.8) is 0 Å². The third-order valence-electron chi connectivity index (χ3n) is 5.26. The lowest BCUT2D eigenvalue weighted by atomic mass is 10.1. The first-order valence-corrected chi connectivity index (χ1v) is 12.2. The monoisotopic (exact) mass is 334 g/mol. The minimum Gasteiger partial charge on any atom is -0.207 e. The number of hydrogen-bond donors (Lipinski definition) is 1. The normalized spacial score (nSPS) is 27.1. The molecule has 1 aromatic carbocycles. The van der Waals surface area contributed by atoms with Crippen molar-refractivity contribution < 1.29 is 8.42 Å². The molecule has 2 aliphatic heterocycles. The van der Waals surface area contributed by atoms with Crippen LogP contribution in [-0.4, -0.2) is 22.5 Å². The Balaban J connectivity index is 1.79. The van der Waals surface area contributed by atoms with E-state index in [1.807, 2.05) is 6.92 Å². The van der Waals surface area contributed by atoms with Crippen molar-refractivity contribution in [3.05, 3.63) is 29.8 Å².